The second-order valence-corrected chi connectivity index (χ2v) is 6.14. The molecule has 4 rings (SSSR count). The molecule has 140 valence electrons. The summed E-state index contributed by atoms with van der Waals surface area (Å²) in [4.78, 5) is 8.12. The van der Waals surface area contributed by atoms with E-state index >= 15 is 0 Å². The van der Waals surface area contributed by atoms with Crippen molar-refractivity contribution in [2.45, 2.75) is 25.3 Å². The van der Waals surface area contributed by atoms with Crippen molar-refractivity contribution in [3.63, 3.8) is 0 Å². The molecule has 1 atom stereocenters. The molecule has 6 nitrogen and oxygen atoms in total. The quantitative estimate of drug-likeness (QED) is 0.644. The van der Waals surface area contributed by atoms with Crippen LogP contribution in [-0.4, -0.2) is 20.2 Å². The van der Waals surface area contributed by atoms with E-state index in [1.807, 2.05) is 0 Å². The van der Waals surface area contributed by atoms with Crippen LogP contribution in [0.2, 0.25) is 0 Å². The van der Waals surface area contributed by atoms with Gasteiger partial charge in [0.2, 0.25) is 5.95 Å². The van der Waals surface area contributed by atoms with Gasteiger partial charge in [-0.15, -0.1) is 10.2 Å². The lowest BCUT2D eigenvalue weighted by atomic mass is 10.0. The van der Waals surface area contributed by atoms with Crippen molar-refractivity contribution in [1.82, 2.24) is 20.2 Å². The minimum Gasteiger partial charge on any atom is -0.415 e. The first-order valence-electron chi connectivity index (χ1n) is 8.17. The summed E-state index contributed by atoms with van der Waals surface area (Å²) in [5.41, 5.74) is 0.200. The molecule has 1 saturated carbocycles. The Morgan fingerprint density at radius 1 is 1.04 bits per heavy atom. The van der Waals surface area contributed by atoms with Crippen LogP contribution in [-0.2, 0) is 0 Å². The average molecular weight is 379 g/mol. The zero-order valence-electron chi connectivity index (χ0n) is 13.7. The molecule has 1 aliphatic carbocycles. The summed E-state index contributed by atoms with van der Waals surface area (Å²) >= 11 is 0. The number of halogens is 4. The maximum Gasteiger partial charge on any atom is 0.314 e. The van der Waals surface area contributed by atoms with Crippen LogP contribution in [0.25, 0.3) is 11.5 Å². The third kappa shape index (κ3) is 3.60. The Bertz CT molecular complexity index is 923. The van der Waals surface area contributed by atoms with Crippen LogP contribution in [0.3, 0.4) is 0 Å². The van der Waals surface area contributed by atoms with Crippen LogP contribution in [0.4, 0.5) is 23.5 Å². The number of hydrogen-bond acceptors (Lipinski definition) is 6. The Kier molecular flexibility index (Phi) is 4.46. The Morgan fingerprint density at radius 3 is 2.26 bits per heavy atom. The Morgan fingerprint density at radius 2 is 1.70 bits per heavy atom. The standard InChI is InChI=1S/C17H13F4N5O/c18-10-2-1-3-11(19)12(10)13(8-4-5-8)24-17-22-6-9(7-23-17)15-25-26-16(27-15)14(20)21/h1-3,6-8,13-14H,4-5H2,(H,22,23,24). The zero-order chi connectivity index (χ0) is 19.0. The lowest BCUT2D eigenvalue weighted by molar-refractivity contribution is 0.116. The molecule has 27 heavy (non-hydrogen) atoms. The van der Waals surface area contributed by atoms with Crippen LogP contribution >= 0.6 is 0 Å². The molecule has 0 aliphatic heterocycles. The molecular weight excluding hydrogens is 366 g/mol. The lowest BCUT2D eigenvalue weighted by Crippen LogP contribution is -2.18. The predicted octanol–water partition coefficient (Wildman–Crippen LogP) is 4.31. The third-order valence-electron chi connectivity index (χ3n) is 4.21. The van der Waals surface area contributed by atoms with Gasteiger partial charge >= 0.3 is 6.43 Å². The average Bonchev–Trinajstić information content (AvgIpc) is 3.37. The number of nitrogens with zero attached hydrogens (tertiary/aromatic N) is 4. The minimum absolute atomic E-state index is 0.0499. The molecule has 1 aliphatic rings. The van der Waals surface area contributed by atoms with Gasteiger partial charge in [0, 0.05) is 18.0 Å². The first-order valence-corrected chi connectivity index (χ1v) is 8.17. The maximum atomic E-state index is 14.1. The summed E-state index contributed by atoms with van der Waals surface area (Å²) in [6.07, 6.45) is 1.41. The molecule has 1 fully saturated rings. The number of rotatable bonds is 6. The lowest BCUT2D eigenvalue weighted by Gasteiger charge is -2.19. The largest absolute Gasteiger partial charge is 0.415 e. The molecule has 0 saturated heterocycles. The zero-order valence-corrected chi connectivity index (χ0v) is 13.7. The first-order chi connectivity index (χ1) is 13.0. The highest BCUT2D eigenvalue weighted by atomic mass is 19.3. The van der Waals surface area contributed by atoms with Crippen molar-refractivity contribution in [1.29, 1.82) is 0 Å². The summed E-state index contributed by atoms with van der Waals surface area (Å²) in [5.74, 6) is -1.99. The first kappa shape index (κ1) is 17.4. The van der Waals surface area contributed by atoms with Gasteiger partial charge in [0.05, 0.1) is 11.6 Å². The van der Waals surface area contributed by atoms with Crippen molar-refractivity contribution in [2.24, 2.45) is 5.92 Å². The van der Waals surface area contributed by atoms with E-state index in [4.69, 9.17) is 4.42 Å². The number of nitrogens with one attached hydrogen (secondary N) is 1. The van der Waals surface area contributed by atoms with Gasteiger partial charge in [0.1, 0.15) is 11.6 Å². The monoisotopic (exact) mass is 379 g/mol. The summed E-state index contributed by atoms with van der Waals surface area (Å²) in [6, 6.07) is 3.11. The van der Waals surface area contributed by atoms with E-state index in [1.54, 1.807) is 0 Å². The number of hydrogen-bond donors (Lipinski definition) is 1. The number of aromatic nitrogens is 4. The fraction of sp³-hybridized carbons (Fsp3) is 0.294. The van der Waals surface area contributed by atoms with Crippen molar-refractivity contribution in [3.8, 4) is 11.5 Å². The maximum absolute atomic E-state index is 14.1. The van der Waals surface area contributed by atoms with Crippen LogP contribution in [0, 0.1) is 17.6 Å². The minimum atomic E-state index is -2.87. The van der Waals surface area contributed by atoms with Crippen molar-refractivity contribution >= 4 is 5.95 Å². The molecule has 3 aromatic rings. The van der Waals surface area contributed by atoms with Crippen molar-refractivity contribution in [3.05, 3.63) is 53.7 Å². The van der Waals surface area contributed by atoms with Crippen molar-refractivity contribution < 1.29 is 22.0 Å². The van der Waals surface area contributed by atoms with E-state index < -0.39 is 30.0 Å². The number of anilines is 1. The fourth-order valence-corrected chi connectivity index (χ4v) is 2.75. The van der Waals surface area contributed by atoms with Gasteiger partial charge in [0.15, 0.2) is 0 Å². The summed E-state index contributed by atoms with van der Waals surface area (Å²) in [5, 5.41) is 9.70. The van der Waals surface area contributed by atoms with Gasteiger partial charge in [-0.05, 0) is 30.9 Å². The Balaban J connectivity index is 1.56. The Labute approximate surface area is 150 Å². The van der Waals surface area contributed by atoms with Gasteiger partial charge in [-0.2, -0.15) is 8.78 Å². The second-order valence-electron chi connectivity index (χ2n) is 6.14. The summed E-state index contributed by atoms with van der Waals surface area (Å²) in [7, 11) is 0. The van der Waals surface area contributed by atoms with E-state index in [2.05, 4.69) is 25.5 Å². The van der Waals surface area contributed by atoms with Gasteiger partial charge in [-0.25, -0.2) is 18.7 Å². The molecule has 1 N–H and O–H groups in total. The van der Waals surface area contributed by atoms with Gasteiger partial charge in [-0.1, -0.05) is 6.07 Å². The van der Waals surface area contributed by atoms with Crippen LogP contribution in [0.15, 0.2) is 35.0 Å². The fourth-order valence-electron chi connectivity index (χ4n) is 2.75. The van der Waals surface area contributed by atoms with Gasteiger partial charge in [0.25, 0.3) is 11.8 Å². The van der Waals surface area contributed by atoms with Crippen LogP contribution in [0.5, 0.6) is 0 Å². The predicted molar refractivity (Wildman–Crippen MR) is 85.7 cm³/mol. The van der Waals surface area contributed by atoms with E-state index in [0.717, 1.165) is 12.8 Å². The summed E-state index contributed by atoms with van der Waals surface area (Å²) < 4.78 is 58.1. The number of benzene rings is 1. The second kappa shape index (κ2) is 6.93. The topological polar surface area (TPSA) is 76.7 Å². The highest BCUT2D eigenvalue weighted by molar-refractivity contribution is 5.50. The van der Waals surface area contributed by atoms with Gasteiger partial charge in [-0.3, -0.25) is 0 Å². The van der Waals surface area contributed by atoms with E-state index in [9.17, 15) is 17.6 Å². The molecule has 2 heterocycles. The molecule has 0 spiro atoms. The SMILES string of the molecule is Fc1cccc(F)c1C(Nc1ncc(-c2nnc(C(F)F)o2)cn1)C1CC1. The molecule has 0 amide bonds. The van der Waals surface area contributed by atoms with Crippen molar-refractivity contribution in [2.75, 3.05) is 5.32 Å². The number of alkyl halides is 2. The molecule has 2 aromatic heterocycles. The molecule has 1 unspecified atom stereocenters. The van der Waals surface area contributed by atoms with Gasteiger partial charge < -0.3 is 9.73 Å². The molecular formula is C17H13F4N5O. The molecule has 10 heteroatoms. The van der Waals surface area contributed by atoms with E-state index in [0.29, 0.717) is 0 Å². The van der Waals surface area contributed by atoms with Crippen LogP contribution in [0.1, 0.15) is 36.8 Å². The van der Waals surface area contributed by atoms with E-state index in [-0.39, 0.29) is 28.9 Å². The van der Waals surface area contributed by atoms with Crippen LogP contribution < -0.4 is 5.32 Å². The molecule has 1 aromatic carbocycles. The third-order valence-corrected chi connectivity index (χ3v) is 4.21. The smallest absolute Gasteiger partial charge is 0.314 e. The van der Waals surface area contributed by atoms with E-state index in [1.165, 1.54) is 30.6 Å². The summed E-state index contributed by atoms with van der Waals surface area (Å²) in [6.45, 7) is 0. The molecule has 0 radical (unpaired) electrons. The highest BCUT2D eigenvalue weighted by Crippen LogP contribution is 2.44. The highest BCUT2D eigenvalue weighted by Gasteiger charge is 2.36. The molecule has 0 bridgehead atoms. The Hall–Kier alpha value is -3.04. The normalized spacial score (nSPS) is 15.1.